The zero-order chi connectivity index (χ0) is 54.9. The molecular weight excluding hydrogens is 997 g/mol. The number of ether oxygens (including phenoxy) is 4. The van der Waals surface area contributed by atoms with E-state index in [9.17, 15) is 9.59 Å². The minimum atomic E-state index is -0.682. The van der Waals surface area contributed by atoms with Crippen LogP contribution >= 0.6 is 0 Å². The lowest BCUT2D eigenvalue weighted by atomic mass is 9.99. The zero-order valence-corrected chi connectivity index (χ0v) is 46.7. The molecule has 2 fully saturated rings. The van der Waals surface area contributed by atoms with Gasteiger partial charge in [0.1, 0.15) is 33.8 Å². The summed E-state index contributed by atoms with van der Waals surface area (Å²) in [7, 11) is 3.30. The standard InChI is InChI=1S/C61H76N12O6/c1-7-70(38-39-76-5)57(74)52-30-29-51-56(65-52)72(36-14-34-68-31-11-8-12-32-68)59(67-51)63-46-21-25-48(26-22-46)78-42-43-16-13-33-69(41-43)35-15-37-71-55-50(66-58(71)62-45-19-23-47(77-6)24-20-45)28-27-49(64-55)54-40-44-17-9-10-18-53(44)73(54)60(75)79-61(2,3)4/h9-10,17-30,40,43H,7-8,11-16,31-39,41-42H2,1-6H3,(H,62,66)(H,63,67). The van der Waals surface area contributed by atoms with Gasteiger partial charge in [-0.15, -0.1) is 0 Å². The minimum Gasteiger partial charge on any atom is -0.497 e. The van der Waals surface area contributed by atoms with Gasteiger partial charge in [-0.1, -0.05) is 24.6 Å². The van der Waals surface area contributed by atoms with Crippen molar-refractivity contribution in [1.29, 1.82) is 0 Å². The van der Waals surface area contributed by atoms with Crippen molar-refractivity contribution < 1.29 is 28.5 Å². The summed E-state index contributed by atoms with van der Waals surface area (Å²) in [4.78, 5) is 54.5. The number of nitrogens with zero attached hydrogens (tertiary/aromatic N) is 10. The van der Waals surface area contributed by atoms with Gasteiger partial charge in [-0.05, 0) is 184 Å². The van der Waals surface area contributed by atoms with Crippen LogP contribution in [0.4, 0.5) is 28.1 Å². The number of fused-ring (bicyclic) bond motifs is 3. The molecule has 1 unspecified atom stereocenters. The lowest BCUT2D eigenvalue weighted by Gasteiger charge is -2.32. The van der Waals surface area contributed by atoms with Gasteiger partial charge in [0, 0.05) is 62.5 Å². The molecule has 0 radical (unpaired) electrons. The van der Waals surface area contributed by atoms with Gasteiger partial charge < -0.3 is 44.3 Å². The van der Waals surface area contributed by atoms with Crippen LogP contribution in [0.2, 0.25) is 0 Å². The van der Waals surface area contributed by atoms with Crippen molar-refractivity contribution in [3.63, 3.8) is 0 Å². The average molecular weight is 1070 g/mol. The van der Waals surface area contributed by atoms with Gasteiger partial charge in [0.25, 0.3) is 5.91 Å². The van der Waals surface area contributed by atoms with Crippen LogP contribution in [-0.2, 0) is 22.6 Å². The molecule has 7 heterocycles. The number of para-hydroxylation sites is 1. The molecule has 1 amide bonds. The second kappa shape index (κ2) is 25.1. The monoisotopic (exact) mass is 1070 g/mol. The van der Waals surface area contributed by atoms with E-state index in [0.29, 0.717) is 79.9 Å². The molecule has 0 saturated carbocycles. The van der Waals surface area contributed by atoms with Crippen molar-refractivity contribution >= 4 is 68.5 Å². The lowest BCUT2D eigenvalue weighted by molar-refractivity contribution is 0.0546. The Kier molecular flexibility index (Phi) is 17.4. The lowest BCUT2D eigenvalue weighted by Crippen LogP contribution is -2.38. The van der Waals surface area contributed by atoms with Gasteiger partial charge >= 0.3 is 6.09 Å². The molecule has 79 heavy (non-hydrogen) atoms. The maximum atomic E-state index is 13.8. The molecule has 2 N–H and O–H groups in total. The number of pyridine rings is 2. The Morgan fingerprint density at radius 2 is 1.33 bits per heavy atom. The third kappa shape index (κ3) is 13.3. The number of aryl methyl sites for hydroxylation is 2. The molecule has 8 aromatic rings. The number of imidazole rings is 2. The Hall–Kier alpha value is -7.54. The third-order valence-electron chi connectivity index (χ3n) is 14.9. The van der Waals surface area contributed by atoms with Gasteiger partial charge in [-0.2, -0.15) is 0 Å². The first-order valence-corrected chi connectivity index (χ1v) is 28.2. The number of anilines is 4. The topological polar surface area (TPSA) is 171 Å². The maximum Gasteiger partial charge on any atom is 0.419 e. The molecular formula is C61H76N12O6. The highest BCUT2D eigenvalue weighted by molar-refractivity contribution is 5.97. The normalized spacial score (nSPS) is 15.4. The van der Waals surface area contributed by atoms with E-state index in [-0.39, 0.29) is 5.91 Å². The summed E-state index contributed by atoms with van der Waals surface area (Å²) in [6.07, 6.45) is 7.35. The number of methoxy groups -OCH3 is 2. The van der Waals surface area contributed by atoms with Crippen LogP contribution in [0, 0.1) is 5.92 Å². The van der Waals surface area contributed by atoms with E-state index in [2.05, 4.69) is 29.6 Å². The van der Waals surface area contributed by atoms with E-state index in [0.717, 1.165) is 115 Å². The Labute approximate surface area is 463 Å². The summed E-state index contributed by atoms with van der Waals surface area (Å²) in [6, 6.07) is 33.3. The summed E-state index contributed by atoms with van der Waals surface area (Å²) in [5, 5.41) is 8.05. The smallest absolute Gasteiger partial charge is 0.419 e. The van der Waals surface area contributed by atoms with Crippen LogP contribution in [-0.4, -0.2) is 146 Å². The molecule has 1 atom stereocenters. The molecule has 0 bridgehead atoms. The average Bonchev–Trinajstić information content (AvgIpc) is 4.35. The number of nitrogens with one attached hydrogen (secondary N) is 2. The first-order valence-electron chi connectivity index (χ1n) is 28.2. The summed E-state index contributed by atoms with van der Waals surface area (Å²) >= 11 is 0. The van der Waals surface area contributed by atoms with Crippen molar-refractivity contribution in [2.45, 2.75) is 91.3 Å². The number of piperidine rings is 2. The largest absolute Gasteiger partial charge is 0.497 e. The molecule has 5 aromatic heterocycles. The molecule has 2 aliphatic rings. The number of aromatic nitrogens is 7. The van der Waals surface area contributed by atoms with Crippen LogP contribution in [0.25, 0.3) is 44.6 Å². The number of hydrogen-bond donors (Lipinski definition) is 2. The van der Waals surface area contributed by atoms with Crippen LogP contribution in [0.1, 0.15) is 83.1 Å². The second-order valence-corrected chi connectivity index (χ2v) is 21.8. The molecule has 10 rings (SSSR count). The van der Waals surface area contributed by atoms with Gasteiger partial charge in [-0.3, -0.25) is 13.9 Å². The first-order chi connectivity index (χ1) is 38.4. The maximum absolute atomic E-state index is 13.8. The Bertz CT molecular complexity index is 3340. The Balaban J connectivity index is 0.800. The van der Waals surface area contributed by atoms with Gasteiger partial charge in [-0.25, -0.2) is 29.3 Å². The van der Waals surface area contributed by atoms with Crippen LogP contribution < -0.4 is 20.1 Å². The van der Waals surface area contributed by atoms with E-state index < -0.39 is 11.7 Å². The zero-order valence-electron chi connectivity index (χ0n) is 46.7. The Morgan fingerprint density at radius 3 is 1.99 bits per heavy atom. The summed E-state index contributed by atoms with van der Waals surface area (Å²) in [5.74, 6) is 3.23. The van der Waals surface area contributed by atoms with Crippen LogP contribution in [0.5, 0.6) is 11.5 Å². The number of rotatable bonds is 22. The first kappa shape index (κ1) is 54.8. The highest BCUT2D eigenvalue weighted by atomic mass is 16.6. The highest BCUT2D eigenvalue weighted by Crippen LogP contribution is 2.32. The SMILES string of the molecule is CCN(CCOC)C(=O)c1ccc2nc(Nc3ccc(OCC4CCCN(CCCn5c(Nc6ccc(OC)cc6)nc6ccc(-c7cc8ccccc8n7C(=O)OC(C)(C)C)nc65)C4)cc3)n(CCCN3CCCCC3)c2n1. The fraction of sp³-hybridized carbons (Fsp3) is 0.443. The fourth-order valence-electron chi connectivity index (χ4n) is 10.9. The third-order valence-corrected chi connectivity index (χ3v) is 14.9. The molecule has 3 aromatic carbocycles. The summed E-state index contributed by atoms with van der Waals surface area (Å²) < 4.78 is 29.0. The van der Waals surface area contributed by atoms with Crippen LogP contribution in [0.15, 0.2) is 103 Å². The van der Waals surface area contributed by atoms with E-state index >= 15 is 0 Å². The van der Waals surface area contributed by atoms with Gasteiger partial charge in [0.15, 0.2) is 11.3 Å². The molecule has 2 saturated heterocycles. The predicted octanol–water partition coefficient (Wildman–Crippen LogP) is 11.2. The van der Waals surface area contributed by atoms with Gasteiger partial charge in [0.05, 0.1) is 37.2 Å². The number of hydrogen-bond acceptors (Lipinski definition) is 14. The van der Waals surface area contributed by atoms with Crippen molar-refractivity contribution in [1.82, 2.24) is 48.3 Å². The summed E-state index contributed by atoms with van der Waals surface area (Å²) in [6.45, 7) is 17.3. The van der Waals surface area contributed by atoms with E-state index in [1.54, 1.807) is 29.8 Å². The number of benzene rings is 3. The molecule has 18 heteroatoms. The fourth-order valence-corrected chi connectivity index (χ4v) is 10.9. The van der Waals surface area contributed by atoms with Crippen molar-refractivity contribution in [2.75, 3.05) is 90.4 Å². The number of likely N-dealkylation sites (tertiary alicyclic amines) is 2. The second-order valence-electron chi connectivity index (χ2n) is 21.8. The van der Waals surface area contributed by atoms with E-state index in [1.807, 2.05) is 125 Å². The molecule has 2 aliphatic heterocycles. The number of likely N-dealkylation sites (N-methyl/N-ethyl adjacent to an activating group) is 1. The Morgan fingerprint density at radius 1 is 0.696 bits per heavy atom. The number of amides is 1. The number of carbonyl (C=O) groups is 2. The molecule has 416 valence electrons. The van der Waals surface area contributed by atoms with E-state index in [1.165, 1.54) is 19.3 Å². The molecule has 0 aliphatic carbocycles. The highest BCUT2D eigenvalue weighted by Gasteiger charge is 2.26. The van der Waals surface area contributed by atoms with Gasteiger partial charge in [0.2, 0.25) is 11.9 Å². The van der Waals surface area contributed by atoms with Crippen molar-refractivity contribution in [3.8, 4) is 22.9 Å². The van der Waals surface area contributed by atoms with Crippen molar-refractivity contribution in [2.24, 2.45) is 5.92 Å². The van der Waals surface area contributed by atoms with Crippen molar-refractivity contribution in [3.05, 3.63) is 109 Å². The van der Waals surface area contributed by atoms with Crippen LogP contribution in [0.3, 0.4) is 0 Å². The minimum absolute atomic E-state index is 0.115. The summed E-state index contributed by atoms with van der Waals surface area (Å²) in [5.41, 5.74) is 6.44. The number of carbonyl (C=O) groups excluding carboxylic acids is 2. The predicted molar refractivity (Wildman–Crippen MR) is 311 cm³/mol. The molecule has 18 nitrogen and oxygen atoms in total. The quantitative estimate of drug-likeness (QED) is 0.0657. The van der Waals surface area contributed by atoms with E-state index in [4.69, 9.17) is 38.9 Å². The molecule has 0 spiro atoms.